The number of nitrogens with two attached hydrogens (primary N) is 1. The van der Waals surface area contributed by atoms with Crippen LogP contribution >= 0.6 is 11.6 Å². The Labute approximate surface area is 173 Å². The number of carbonyl (C=O) groups excluding carboxylic acids is 3. The van der Waals surface area contributed by atoms with Crippen molar-refractivity contribution in [2.75, 3.05) is 13.2 Å². The number of amides is 2. The van der Waals surface area contributed by atoms with E-state index in [4.69, 9.17) is 22.1 Å². The maximum absolute atomic E-state index is 15.0. The molecule has 29 heavy (non-hydrogen) atoms. The molecule has 2 N–H and O–H groups in total. The molecule has 4 atom stereocenters. The molecule has 8 heteroatoms. The molecule has 0 radical (unpaired) electrons. The van der Waals surface area contributed by atoms with Gasteiger partial charge in [0.1, 0.15) is 24.6 Å². The minimum absolute atomic E-state index is 0.0149. The second-order valence-electron chi connectivity index (χ2n) is 8.13. The standard InChI is InChI=1S/C21H24ClFN2O4/c22-13-9-25(18-15(26)10-29-19(13)18)21(28)16(11-5-2-1-3-6-11)17-12(20(24)27)7-4-8-14(17)23/h4,7-8,11,13,16,18-19H,1-3,5-6,9-10H2,(H2,24,27)/t13-,16-,18+,19+/m0/s1. The number of nitrogens with zero attached hydrogens (tertiary/aromatic N) is 1. The summed E-state index contributed by atoms with van der Waals surface area (Å²) in [4.78, 5) is 39.6. The first-order valence-electron chi connectivity index (χ1n) is 10.1. The van der Waals surface area contributed by atoms with E-state index in [1.807, 2.05) is 0 Å². The van der Waals surface area contributed by atoms with Gasteiger partial charge in [-0.25, -0.2) is 4.39 Å². The monoisotopic (exact) mass is 422 g/mol. The van der Waals surface area contributed by atoms with Crippen LogP contribution in [-0.2, 0) is 14.3 Å². The number of Topliss-reactive ketones (excluding diaryl/α,β-unsaturated/α-hetero) is 1. The molecule has 6 nitrogen and oxygen atoms in total. The van der Waals surface area contributed by atoms with Crippen LogP contribution in [0, 0.1) is 11.7 Å². The zero-order valence-corrected chi connectivity index (χ0v) is 16.7. The summed E-state index contributed by atoms with van der Waals surface area (Å²) < 4.78 is 20.5. The molecule has 0 spiro atoms. The van der Waals surface area contributed by atoms with Crippen molar-refractivity contribution in [2.45, 2.75) is 55.5 Å². The average Bonchev–Trinajstić information content (AvgIpc) is 3.25. The zero-order valence-electron chi connectivity index (χ0n) is 16.0. The van der Waals surface area contributed by atoms with Crippen LogP contribution in [0.4, 0.5) is 4.39 Å². The first-order valence-corrected chi connectivity index (χ1v) is 10.5. The highest BCUT2D eigenvalue weighted by molar-refractivity contribution is 6.22. The SMILES string of the molecule is NC(=O)c1cccc(F)c1[C@@H](C(=O)N1C[C@H](Cl)[C@H]2OCC(=O)[C@H]21)C1CCCCC1. The Kier molecular flexibility index (Phi) is 5.62. The summed E-state index contributed by atoms with van der Waals surface area (Å²) in [6.45, 7) is 0.0771. The molecule has 2 heterocycles. The van der Waals surface area contributed by atoms with E-state index in [-0.39, 0.29) is 41.9 Å². The van der Waals surface area contributed by atoms with Gasteiger partial charge in [0.2, 0.25) is 11.8 Å². The van der Waals surface area contributed by atoms with Crippen LogP contribution in [-0.4, -0.2) is 53.2 Å². The molecule has 2 aliphatic heterocycles. The van der Waals surface area contributed by atoms with Crippen molar-refractivity contribution in [1.82, 2.24) is 4.90 Å². The number of benzene rings is 1. The number of primary amides is 1. The maximum atomic E-state index is 15.0. The minimum Gasteiger partial charge on any atom is -0.366 e. The fourth-order valence-electron chi connectivity index (χ4n) is 5.10. The second-order valence-corrected chi connectivity index (χ2v) is 8.70. The molecule has 2 amide bonds. The van der Waals surface area contributed by atoms with E-state index in [9.17, 15) is 18.8 Å². The third kappa shape index (κ3) is 3.55. The molecule has 1 saturated carbocycles. The minimum atomic E-state index is -0.880. The lowest BCUT2D eigenvalue weighted by atomic mass is 9.74. The van der Waals surface area contributed by atoms with Gasteiger partial charge in [0.05, 0.1) is 11.3 Å². The van der Waals surface area contributed by atoms with Crippen molar-refractivity contribution in [3.8, 4) is 0 Å². The number of fused-ring (bicyclic) bond motifs is 1. The zero-order chi connectivity index (χ0) is 20.7. The summed E-state index contributed by atoms with van der Waals surface area (Å²) in [7, 11) is 0. The molecule has 1 aromatic rings. The molecule has 3 fully saturated rings. The molecule has 4 rings (SSSR count). The maximum Gasteiger partial charge on any atom is 0.249 e. The van der Waals surface area contributed by atoms with E-state index in [0.29, 0.717) is 0 Å². The number of carbonyl (C=O) groups is 3. The van der Waals surface area contributed by atoms with Gasteiger partial charge >= 0.3 is 0 Å². The van der Waals surface area contributed by atoms with Gasteiger partial charge in [0, 0.05) is 17.7 Å². The Morgan fingerprint density at radius 3 is 2.66 bits per heavy atom. The topological polar surface area (TPSA) is 89.7 Å². The van der Waals surface area contributed by atoms with Gasteiger partial charge in [-0.05, 0) is 30.9 Å². The van der Waals surface area contributed by atoms with Crippen LogP contribution in [0.15, 0.2) is 18.2 Å². The molecule has 0 unspecified atom stereocenters. The normalized spacial score (nSPS) is 28.4. The quantitative estimate of drug-likeness (QED) is 0.754. The van der Waals surface area contributed by atoms with Gasteiger partial charge in [0.15, 0.2) is 5.78 Å². The first-order chi connectivity index (χ1) is 13.9. The van der Waals surface area contributed by atoms with E-state index in [2.05, 4.69) is 0 Å². The van der Waals surface area contributed by atoms with E-state index >= 15 is 0 Å². The van der Waals surface area contributed by atoms with Crippen LogP contribution in [0.5, 0.6) is 0 Å². The summed E-state index contributed by atoms with van der Waals surface area (Å²) in [6, 6.07) is 3.35. The highest BCUT2D eigenvalue weighted by Gasteiger charge is 2.53. The first kappa shape index (κ1) is 20.3. The molecule has 2 saturated heterocycles. The number of rotatable bonds is 4. The highest BCUT2D eigenvalue weighted by atomic mass is 35.5. The molecule has 156 valence electrons. The van der Waals surface area contributed by atoms with Crippen LogP contribution in [0.1, 0.15) is 53.9 Å². The van der Waals surface area contributed by atoms with Crippen molar-refractivity contribution in [3.05, 3.63) is 35.1 Å². The predicted molar refractivity (Wildman–Crippen MR) is 104 cm³/mol. The van der Waals surface area contributed by atoms with Gasteiger partial charge in [-0.3, -0.25) is 14.4 Å². The van der Waals surface area contributed by atoms with E-state index < -0.39 is 35.2 Å². The van der Waals surface area contributed by atoms with Crippen molar-refractivity contribution < 1.29 is 23.5 Å². The number of alkyl halides is 1. The number of hydrogen-bond acceptors (Lipinski definition) is 4. The summed E-state index contributed by atoms with van der Waals surface area (Å²) >= 11 is 6.35. The number of likely N-dealkylation sites (tertiary alicyclic amines) is 1. The number of halogens is 2. The van der Waals surface area contributed by atoms with Crippen molar-refractivity contribution in [1.29, 1.82) is 0 Å². The molecule has 1 aromatic carbocycles. The van der Waals surface area contributed by atoms with Gasteiger partial charge in [-0.15, -0.1) is 11.6 Å². The van der Waals surface area contributed by atoms with Crippen molar-refractivity contribution >= 4 is 29.2 Å². The van der Waals surface area contributed by atoms with Crippen LogP contribution in [0.25, 0.3) is 0 Å². The summed E-state index contributed by atoms with van der Waals surface area (Å²) in [5.74, 6) is -2.98. The van der Waals surface area contributed by atoms with Crippen LogP contribution in [0.3, 0.4) is 0 Å². The Bertz CT molecular complexity index is 842. The summed E-state index contributed by atoms with van der Waals surface area (Å²) in [5.41, 5.74) is 5.56. The highest BCUT2D eigenvalue weighted by Crippen LogP contribution is 2.42. The van der Waals surface area contributed by atoms with Crippen LogP contribution in [0.2, 0.25) is 0 Å². The third-order valence-electron chi connectivity index (χ3n) is 6.42. The van der Waals surface area contributed by atoms with Gasteiger partial charge in [0.25, 0.3) is 0 Å². The third-order valence-corrected chi connectivity index (χ3v) is 6.81. The fraction of sp³-hybridized carbons (Fsp3) is 0.571. The summed E-state index contributed by atoms with van der Waals surface area (Å²) in [5, 5.41) is -0.501. The van der Waals surface area contributed by atoms with Gasteiger partial charge in [-0.1, -0.05) is 25.3 Å². The number of ether oxygens (including phenoxy) is 1. The lowest BCUT2D eigenvalue weighted by molar-refractivity contribution is -0.139. The number of ketones is 1. The Morgan fingerprint density at radius 1 is 1.24 bits per heavy atom. The van der Waals surface area contributed by atoms with Crippen molar-refractivity contribution in [2.24, 2.45) is 11.7 Å². The van der Waals surface area contributed by atoms with Crippen LogP contribution < -0.4 is 5.73 Å². The second kappa shape index (κ2) is 8.03. The lowest BCUT2D eigenvalue weighted by Crippen LogP contribution is -2.46. The summed E-state index contributed by atoms with van der Waals surface area (Å²) in [6.07, 6.45) is 3.87. The van der Waals surface area contributed by atoms with E-state index in [1.165, 1.54) is 23.1 Å². The molecule has 3 aliphatic rings. The molecule has 0 bridgehead atoms. The smallest absolute Gasteiger partial charge is 0.249 e. The Balaban J connectivity index is 1.77. The van der Waals surface area contributed by atoms with Gasteiger partial charge < -0.3 is 15.4 Å². The molecular weight excluding hydrogens is 399 g/mol. The Hall–Kier alpha value is -1.99. The van der Waals surface area contributed by atoms with Crippen molar-refractivity contribution in [3.63, 3.8) is 0 Å². The fourth-order valence-corrected chi connectivity index (χ4v) is 5.46. The van der Waals surface area contributed by atoms with Gasteiger partial charge in [-0.2, -0.15) is 0 Å². The van der Waals surface area contributed by atoms with E-state index in [1.54, 1.807) is 0 Å². The lowest BCUT2D eigenvalue weighted by Gasteiger charge is -2.34. The molecular formula is C21H24ClFN2O4. The average molecular weight is 423 g/mol. The Morgan fingerprint density at radius 2 is 1.97 bits per heavy atom. The molecule has 1 aliphatic carbocycles. The molecule has 0 aromatic heterocycles. The largest absolute Gasteiger partial charge is 0.366 e. The predicted octanol–water partition coefficient (Wildman–Crippen LogP) is 2.37. The van der Waals surface area contributed by atoms with E-state index in [0.717, 1.165) is 32.1 Å². The number of hydrogen-bond donors (Lipinski definition) is 1.